The number of sulfonamides is 1. The number of carbonyl (C=O) groups is 1. The highest BCUT2D eigenvalue weighted by atomic mass is 32.2. The SMILES string of the molecule is C=CS(=O)(=O)N(C)C(=O)COCc1cccc(OC)c1. The summed E-state index contributed by atoms with van der Waals surface area (Å²) in [5.74, 6) is 0.0246. The van der Waals surface area contributed by atoms with E-state index in [0.717, 1.165) is 12.6 Å². The summed E-state index contributed by atoms with van der Waals surface area (Å²) in [7, 11) is -1.04. The molecule has 1 aromatic carbocycles. The number of carbonyl (C=O) groups excluding carboxylic acids is 1. The molecule has 0 radical (unpaired) electrons. The fraction of sp³-hybridized carbons (Fsp3) is 0.308. The zero-order chi connectivity index (χ0) is 15.2. The van der Waals surface area contributed by atoms with E-state index in [2.05, 4.69) is 6.58 Å². The van der Waals surface area contributed by atoms with E-state index in [4.69, 9.17) is 9.47 Å². The van der Waals surface area contributed by atoms with Gasteiger partial charge in [-0.3, -0.25) is 4.79 Å². The molecule has 0 atom stereocenters. The lowest BCUT2D eigenvalue weighted by atomic mass is 10.2. The second-order valence-corrected chi connectivity index (χ2v) is 5.83. The second-order valence-electron chi connectivity index (χ2n) is 3.92. The Morgan fingerprint density at radius 2 is 2.15 bits per heavy atom. The van der Waals surface area contributed by atoms with E-state index < -0.39 is 15.9 Å². The Kier molecular flexibility index (Phi) is 5.72. The number of methoxy groups -OCH3 is 1. The summed E-state index contributed by atoms with van der Waals surface area (Å²) >= 11 is 0. The molecule has 1 aromatic rings. The molecule has 0 bridgehead atoms. The number of rotatable bonds is 7. The first-order valence-corrected chi connectivity index (χ1v) is 7.26. The Morgan fingerprint density at radius 3 is 2.75 bits per heavy atom. The summed E-state index contributed by atoms with van der Waals surface area (Å²) in [4.78, 5) is 11.6. The summed E-state index contributed by atoms with van der Waals surface area (Å²) < 4.78 is 33.6. The Balaban J connectivity index is 2.52. The maximum absolute atomic E-state index is 11.6. The van der Waals surface area contributed by atoms with Gasteiger partial charge in [0.2, 0.25) is 0 Å². The molecule has 6 nitrogen and oxygen atoms in total. The molecule has 20 heavy (non-hydrogen) atoms. The largest absolute Gasteiger partial charge is 0.497 e. The van der Waals surface area contributed by atoms with Crippen LogP contribution in [0.5, 0.6) is 5.75 Å². The Labute approximate surface area is 118 Å². The van der Waals surface area contributed by atoms with Gasteiger partial charge in [0.05, 0.1) is 13.7 Å². The van der Waals surface area contributed by atoms with Gasteiger partial charge in [-0.1, -0.05) is 18.7 Å². The van der Waals surface area contributed by atoms with Crippen molar-refractivity contribution in [3.63, 3.8) is 0 Å². The van der Waals surface area contributed by atoms with Crippen LogP contribution in [0.1, 0.15) is 5.56 Å². The molecule has 0 aliphatic rings. The molecule has 7 heteroatoms. The predicted octanol–water partition coefficient (Wildman–Crippen LogP) is 1.14. The molecule has 0 fully saturated rings. The van der Waals surface area contributed by atoms with E-state index in [1.54, 1.807) is 25.3 Å². The molecule has 0 saturated heterocycles. The molecule has 0 unspecified atom stereocenters. The molecular formula is C13H17NO5S. The van der Waals surface area contributed by atoms with Crippen molar-refractivity contribution in [2.75, 3.05) is 20.8 Å². The summed E-state index contributed by atoms with van der Waals surface area (Å²) in [5, 5.41) is 0.715. The number of likely N-dealkylation sites (N-methyl/N-ethyl adjacent to an activating group) is 1. The number of hydrogen-bond acceptors (Lipinski definition) is 5. The number of benzene rings is 1. The molecule has 0 aliphatic heterocycles. The van der Waals surface area contributed by atoms with Crippen LogP contribution in [0.2, 0.25) is 0 Å². The van der Waals surface area contributed by atoms with Crippen LogP contribution < -0.4 is 4.74 Å². The summed E-state index contributed by atoms with van der Waals surface area (Å²) in [6.45, 7) is 3.00. The topological polar surface area (TPSA) is 72.9 Å². The van der Waals surface area contributed by atoms with E-state index >= 15 is 0 Å². The van der Waals surface area contributed by atoms with Crippen LogP contribution >= 0.6 is 0 Å². The minimum Gasteiger partial charge on any atom is -0.497 e. The number of amides is 1. The van der Waals surface area contributed by atoms with Gasteiger partial charge in [0, 0.05) is 12.5 Å². The van der Waals surface area contributed by atoms with Crippen LogP contribution in [0.15, 0.2) is 36.3 Å². The summed E-state index contributed by atoms with van der Waals surface area (Å²) in [6, 6.07) is 7.18. The third-order valence-corrected chi connectivity index (χ3v) is 3.96. The molecule has 110 valence electrons. The number of hydrogen-bond donors (Lipinski definition) is 0. The van der Waals surface area contributed by atoms with Gasteiger partial charge in [-0.2, -0.15) is 0 Å². The maximum atomic E-state index is 11.6. The smallest absolute Gasteiger partial charge is 0.262 e. The molecule has 0 heterocycles. The van der Waals surface area contributed by atoms with Gasteiger partial charge in [0.15, 0.2) is 0 Å². The first-order chi connectivity index (χ1) is 9.40. The average molecular weight is 299 g/mol. The average Bonchev–Trinajstić information content (AvgIpc) is 2.46. The van der Waals surface area contributed by atoms with Gasteiger partial charge in [-0.05, 0) is 17.7 Å². The minimum absolute atomic E-state index is 0.185. The van der Waals surface area contributed by atoms with Crippen LogP contribution in [0, 0.1) is 0 Å². The van der Waals surface area contributed by atoms with Gasteiger partial charge in [-0.25, -0.2) is 12.7 Å². The van der Waals surface area contributed by atoms with E-state index in [1.165, 1.54) is 0 Å². The maximum Gasteiger partial charge on any atom is 0.262 e. The van der Waals surface area contributed by atoms with Crippen LogP contribution in [-0.2, 0) is 26.2 Å². The normalized spacial score (nSPS) is 10.9. The van der Waals surface area contributed by atoms with Gasteiger partial charge in [-0.15, -0.1) is 0 Å². The first-order valence-electron chi connectivity index (χ1n) is 5.75. The molecule has 0 spiro atoms. The van der Waals surface area contributed by atoms with Crippen LogP contribution in [0.25, 0.3) is 0 Å². The van der Waals surface area contributed by atoms with Crippen LogP contribution in [0.4, 0.5) is 0 Å². The van der Waals surface area contributed by atoms with Crippen molar-refractivity contribution >= 4 is 15.9 Å². The van der Waals surface area contributed by atoms with Crippen molar-refractivity contribution in [1.29, 1.82) is 0 Å². The van der Waals surface area contributed by atoms with E-state index in [1.807, 2.05) is 6.07 Å². The molecule has 1 rings (SSSR count). The Morgan fingerprint density at radius 1 is 1.45 bits per heavy atom. The van der Waals surface area contributed by atoms with Gasteiger partial charge in [0.1, 0.15) is 12.4 Å². The van der Waals surface area contributed by atoms with Gasteiger partial charge in [0.25, 0.3) is 15.9 Å². The van der Waals surface area contributed by atoms with Gasteiger partial charge >= 0.3 is 0 Å². The predicted molar refractivity (Wildman–Crippen MR) is 74.5 cm³/mol. The molecular weight excluding hydrogens is 282 g/mol. The standard InChI is InChI=1S/C13H17NO5S/c1-4-20(16,17)14(2)13(15)10-19-9-11-6-5-7-12(8-11)18-3/h4-8H,1,9-10H2,2-3H3. The summed E-state index contributed by atoms with van der Waals surface area (Å²) in [5.41, 5.74) is 0.825. The fourth-order valence-electron chi connectivity index (χ4n) is 1.36. The van der Waals surface area contributed by atoms with Crippen LogP contribution in [-0.4, -0.2) is 39.4 Å². The Hall–Kier alpha value is -1.86. The third kappa shape index (κ3) is 4.36. The van der Waals surface area contributed by atoms with Crippen molar-refractivity contribution in [1.82, 2.24) is 4.31 Å². The van der Waals surface area contributed by atoms with Gasteiger partial charge < -0.3 is 9.47 Å². The van der Waals surface area contributed by atoms with Crippen molar-refractivity contribution < 1.29 is 22.7 Å². The fourth-order valence-corrected chi connectivity index (χ4v) is 1.92. The van der Waals surface area contributed by atoms with Crippen molar-refractivity contribution in [2.24, 2.45) is 0 Å². The van der Waals surface area contributed by atoms with Crippen molar-refractivity contribution in [2.45, 2.75) is 6.61 Å². The zero-order valence-corrected chi connectivity index (χ0v) is 12.2. The molecule has 0 N–H and O–H groups in total. The number of ether oxygens (including phenoxy) is 2. The minimum atomic E-state index is -3.76. The van der Waals surface area contributed by atoms with E-state index in [0.29, 0.717) is 15.5 Å². The lowest BCUT2D eigenvalue weighted by molar-refractivity contribution is -0.130. The molecule has 0 saturated carbocycles. The van der Waals surface area contributed by atoms with E-state index in [-0.39, 0.29) is 13.2 Å². The molecule has 0 aromatic heterocycles. The number of nitrogens with zero attached hydrogens (tertiary/aromatic N) is 1. The lowest BCUT2D eigenvalue weighted by Gasteiger charge is -2.14. The van der Waals surface area contributed by atoms with Crippen LogP contribution in [0.3, 0.4) is 0 Å². The quantitative estimate of drug-likeness (QED) is 0.755. The highest BCUT2D eigenvalue weighted by Gasteiger charge is 2.19. The van der Waals surface area contributed by atoms with Crippen molar-refractivity contribution in [3.8, 4) is 5.75 Å². The third-order valence-electron chi connectivity index (χ3n) is 2.57. The zero-order valence-electron chi connectivity index (χ0n) is 11.4. The lowest BCUT2D eigenvalue weighted by Crippen LogP contribution is -2.34. The summed E-state index contributed by atoms with van der Waals surface area (Å²) in [6.07, 6.45) is 0. The van der Waals surface area contributed by atoms with E-state index in [9.17, 15) is 13.2 Å². The molecule has 0 aliphatic carbocycles. The second kappa shape index (κ2) is 7.06. The molecule has 1 amide bonds. The first kappa shape index (κ1) is 16.2. The monoisotopic (exact) mass is 299 g/mol. The Bertz CT molecular complexity index is 582. The highest BCUT2D eigenvalue weighted by molar-refractivity contribution is 7.92. The highest BCUT2D eigenvalue weighted by Crippen LogP contribution is 2.13. The van der Waals surface area contributed by atoms with Crippen molar-refractivity contribution in [3.05, 3.63) is 41.8 Å².